The molecule has 7 nitrogen and oxygen atoms in total. The van der Waals surface area contributed by atoms with Gasteiger partial charge in [-0.05, 0) is 50.3 Å². The van der Waals surface area contributed by atoms with E-state index >= 15 is 0 Å². The summed E-state index contributed by atoms with van der Waals surface area (Å²) >= 11 is 0. The van der Waals surface area contributed by atoms with Gasteiger partial charge in [0.1, 0.15) is 0 Å². The number of aliphatic carboxylic acids is 1. The molecule has 30 heavy (non-hydrogen) atoms. The van der Waals surface area contributed by atoms with E-state index in [0.717, 1.165) is 63.0 Å². The van der Waals surface area contributed by atoms with Crippen LogP contribution < -0.4 is 5.69 Å². The highest BCUT2D eigenvalue weighted by atomic mass is 19.4. The van der Waals surface area contributed by atoms with Crippen LogP contribution in [0.15, 0.2) is 23.0 Å². The zero-order valence-electron chi connectivity index (χ0n) is 16.7. The van der Waals surface area contributed by atoms with Crippen molar-refractivity contribution in [1.29, 1.82) is 0 Å². The number of alkyl halides is 3. The molecular weight excluding hydrogens is 403 g/mol. The molecule has 3 heterocycles. The van der Waals surface area contributed by atoms with Crippen LogP contribution in [0.1, 0.15) is 37.3 Å². The van der Waals surface area contributed by atoms with E-state index in [-0.39, 0.29) is 5.69 Å². The van der Waals surface area contributed by atoms with Gasteiger partial charge in [0.15, 0.2) is 0 Å². The third-order valence-corrected chi connectivity index (χ3v) is 5.69. The first-order valence-electron chi connectivity index (χ1n) is 9.99. The van der Waals surface area contributed by atoms with Crippen LogP contribution in [-0.2, 0) is 9.53 Å². The number of halogens is 3. The zero-order valence-corrected chi connectivity index (χ0v) is 16.7. The number of nitrogens with zero attached hydrogens (tertiary/aromatic N) is 2. The Bertz CT molecular complexity index is 924. The van der Waals surface area contributed by atoms with E-state index in [2.05, 4.69) is 28.9 Å². The van der Waals surface area contributed by atoms with Gasteiger partial charge in [-0.2, -0.15) is 13.2 Å². The number of nitrogens with one attached hydrogen (secondary N) is 1. The monoisotopic (exact) mass is 429 g/mol. The number of carbonyl (C=O) groups is 1. The highest BCUT2D eigenvalue weighted by Crippen LogP contribution is 2.28. The Hall–Kier alpha value is -2.33. The van der Waals surface area contributed by atoms with Crippen LogP contribution in [0, 0.1) is 6.92 Å². The van der Waals surface area contributed by atoms with Crippen molar-refractivity contribution in [2.24, 2.45) is 0 Å². The van der Waals surface area contributed by atoms with Gasteiger partial charge in [0.05, 0.1) is 11.0 Å². The van der Waals surface area contributed by atoms with Crippen LogP contribution in [0.2, 0.25) is 0 Å². The van der Waals surface area contributed by atoms with E-state index in [4.69, 9.17) is 14.6 Å². The molecule has 0 bridgehead atoms. The third kappa shape index (κ3) is 5.23. The van der Waals surface area contributed by atoms with Gasteiger partial charge in [-0.15, -0.1) is 0 Å². The van der Waals surface area contributed by atoms with E-state index < -0.39 is 12.1 Å². The first kappa shape index (κ1) is 22.4. The lowest BCUT2D eigenvalue weighted by molar-refractivity contribution is -0.192. The lowest BCUT2D eigenvalue weighted by Gasteiger charge is -2.39. The molecule has 2 aliphatic rings. The maximum Gasteiger partial charge on any atom is 0.490 e. The van der Waals surface area contributed by atoms with Crippen LogP contribution in [0.3, 0.4) is 0 Å². The maximum atomic E-state index is 12.4. The fraction of sp³-hybridized carbons (Fsp3) is 0.600. The maximum absolute atomic E-state index is 12.4. The number of H-pyrrole nitrogens is 1. The Morgan fingerprint density at radius 3 is 2.30 bits per heavy atom. The van der Waals surface area contributed by atoms with E-state index in [9.17, 15) is 18.0 Å². The van der Waals surface area contributed by atoms with Crippen LogP contribution in [0.25, 0.3) is 11.0 Å². The summed E-state index contributed by atoms with van der Waals surface area (Å²) in [6, 6.07) is 7.18. The number of hydrogen-bond acceptors (Lipinski definition) is 4. The third-order valence-electron chi connectivity index (χ3n) is 5.69. The highest BCUT2D eigenvalue weighted by molar-refractivity contribution is 5.76. The van der Waals surface area contributed by atoms with Crippen molar-refractivity contribution >= 4 is 17.0 Å². The van der Waals surface area contributed by atoms with Gasteiger partial charge in [0.25, 0.3) is 0 Å². The Labute approximate surface area is 171 Å². The van der Waals surface area contributed by atoms with Gasteiger partial charge in [-0.3, -0.25) is 4.57 Å². The molecule has 4 rings (SSSR count). The molecule has 0 amide bonds. The normalized spacial score (nSPS) is 19.5. The van der Waals surface area contributed by atoms with Crippen LogP contribution >= 0.6 is 0 Å². The molecule has 0 radical (unpaired) electrons. The molecule has 0 spiro atoms. The number of rotatable bonds is 2. The summed E-state index contributed by atoms with van der Waals surface area (Å²) in [5.41, 5.74) is 3.24. The number of hydrogen-bond donors (Lipinski definition) is 2. The van der Waals surface area contributed by atoms with Crippen molar-refractivity contribution in [3.05, 3.63) is 34.2 Å². The van der Waals surface area contributed by atoms with Crippen molar-refractivity contribution in [3.8, 4) is 0 Å². The van der Waals surface area contributed by atoms with Crippen molar-refractivity contribution in [2.45, 2.75) is 50.9 Å². The van der Waals surface area contributed by atoms with Gasteiger partial charge in [-0.1, -0.05) is 6.07 Å². The number of imidazole rings is 1. The Morgan fingerprint density at radius 2 is 1.73 bits per heavy atom. The topological polar surface area (TPSA) is 87.6 Å². The summed E-state index contributed by atoms with van der Waals surface area (Å²) in [7, 11) is 0. The minimum Gasteiger partial charge on any atom is -0.475 e. The number of aromatic nitrogens is 2. The van der Waals surface area contributed by atoms with Gasteiger partial charge < -0.3 is 19.7 Å². The molecule has 1 aromatic heterocycles. The zero-order chi connectivity index (χ0) is 21.9. The number of benzene rings is 1. The second-order valence-corrected chi connectivity index (χ2v) is 7.73. The van der Waals surface area contributed by atoms with E-state index in [1.54, 1.807) is 0 Å². The van der Waals surface area contributed by atoms with Gasteiger partial charge in [0, 0.05) is 38.4 Å². The molecule has 0 unspecified atom stereocenters. The smallest absolute Gasteiger partial charge is 0.475 e. The number of carboxylic acids is 1. The van der Waals surface area contributed by atoms with E-state index in [1.165, 1.54) is 5.56 Å². The first-order chi connectivity index (χ1) is 14.2. The summed E-state index contributed by atoms with van der Waals surface area (Å²) < 4.78 is 39.2. The molecule has 0 atom stereocenters. The quantitative estimate of drug-likeness (QED) is 0.766. The molecule has 0 saturated carbocycles. The van der Waals surface area contributed by atoms with Gasteiger partial charge >= 0.3 is 17.8 Å². The molecular formula is C20H26F3N3O4. The number of ether oxygens (including phenoxy) is 1. The molecule has 166 valence electrons. The van der Waals surface area contributed by atoms with Crippen LogP contribution in [0.5, 0.6) is 0 Å². The Kier molecular flexibility index (Phi) is 6.87. The van der Waals surface area contributed by atoms with Gasteiger partial charge in [-0.25, -0.2) is 9.59 Å². The summed E-state index contributed by atoms with van der Waals surface area (Å²) in [5.74, 6) is -2.76. The standard InChI is InChI=1S/C18H25N3O2.C2HF3O2/c1-13-2-3-16-17(12-13)21(18(22)19-16)15-4-8-20(9-5-15)14-6-10-23-11-7-14;3-2(4,5)1(6)7/h2-3,12,14-15H,4-11H2,1H3,(H,19,22);(H,6,7). The number of carboxylic acid groups (broad SMARTS) is 1. The Balaban J connectivity index is 0.000000318. The average Bonchev–Trinajstić information content (AvgIpc) is 3.03. The largest absolute Gasteiger partial charge is 0.490 e. The molecule has 2 N–H and O–H groups in total. The molecule has 2 aliphatic heterocycles. The SMILES string of the molecule is Cc1ccc2[nH]c(=O)n(C3CCN(C4CCOCC4)CC3)c2c1.O=C(O)C(F)(F)F. The number of piperidine rings is 1. The minimum absolute atomic E-state index is 0.0371. The summed E-state index contributed by atoms with van der Waals surface area (Å²) in [6.07, 6.45) is -0.676. The van der Waals surface area contributed by atoms with Crippen LogP contribution in [-0.4, -0.2) is 64.0 Å². The molecule has 10 heteroatoms. The second-order valence-electron chi connectivity index (χ2n) is 7.73. The van der Waals surface area contributed by atoms with Gasteiger partial charge in [0.2, 0.25) is 0 Å². The number of fused-ring (bicyclic) bond motifs is 1. The lowest BCUT2D eigenvalue weighted by atomic mass is 9.99. The van der Waals surface area contributed by atoms with E-state index in [0.29, 0.717) is 12.1 Å². The molecule has 2 fully saturated rings. The fourth-order valence-electron chi connectivity index (χ4n) is 4.15. The predicted molar refractivity (Wildman–Crippen MR) is 105 cm³/mol. The minimum atomic E-state index is -5.08. The first-order valence-corrected chi connectivity index (χ1v) is 9.99. The van der Waals surface area contributed by atoms with Crippen molar-refractivity contribution in [3.63, 3.8) is 0 Å². The number of likely N-dealkylation sites (tertiary alicyclic amines) is 1. The fourth-order valence-corrected chi connectivity index (χ4v) is 4.15. The molecule has 2 aromatic rings. The predicted octanol–water partition coefficient (Wildman–Crippen LogP) is 3.09. The number of aryl methyl sites for hydroxylation is 1. The Morgan fingerprint density at radius 1 is 1.13 bits per heavy atom. The van der Waals surface area contributed by atoms with E-state index in [1.807, 2.05) is 10.6 Å². The summed E-state index contributed by atoms with van der Waals surface area (Å²) in [4.78, 5) is 26.9. The van der Waals surface area contributed by atoms with Crippen molar-refractivity contribution in [1.82, 2.24) is 14.5 Å². The number of aromatic amines is 1. The second kappa shape index (κ2) is 9.22. The lowest BCUT2D eigenvalue weighted by Crippen LogP contribution is -2.45. The average molecular weight is 429 g/mol. The summed E-state index contributed by atoms with van der Waals surface area (Å²) in [6.45, 7) is 6.03. The van der Waals surface area contributed by atoms with Crippen molar-refractivity contribution < 1.29 is 27.8 Å². The molecule has 2 saturated heterocycles. The van der Waals surface area contributed by atoms with Crippen LogP contribution in [0.4, 0.5) is 13.2 Å². The molecule has 1 aromatic carbocycles. The van der Waals surface area contributed by atoms with Crippen molar-refractivity contribution in [2.75, 3.05) is 26.3 Å². The highest BCUT2D eigenvalue weighted by Gasteiger charge is 2.38. The summed E-state index contributed by atoms with van der Waals surface area (Å²) in [5, 5.41) is 7.12. The molecule has 0 aliphatic carbocycles.